The van der Waals surface area contributed by atoms with Crippen LogP contribution in [0.2, 0.25) is 0 Å². The molecule has 0 amide bonds. The maximum atomic E-state index is 11.8. The minimum absolute atomic E-state index is 0.140. The summed E-state index contributed by atoms with van der Waals surface area (Å²) < 4.78 is 0. The first-order valence-corrected chi connectivity index (χ1v) is 17.5. The van der Waals surface area contributed by atoms with Crippen molar-refractivity contribution in [1.29, 1.82) is 0 Å². The van der Waals surface area contributed by atoms with E-state index >= 15 is 0 Å². The maximum absolute atomic E-state index is 11.8. The van der Waals surface area contributed by atoms with Gasteiger partial charge in [0.15, 0.2) is 5.78 Å². The first-order chi connectivity index (χ1) is 20.7. The van der Waals surface area contributed by atoms with Crippen LogP contribution in [0.5, 0.6) is 5.75 Å². The van der Waals surface area contributed by atoms with Crippen LogP contribution in [0.1, 0.15) is 141 Å². The highest BCUT2D eigenvalue weighted by molar-refractivity contribution is 5.94. The van der Waals surface area contributed by atoms with E-state index < -0.39 is 0 Å². The summed E-state index contributed by atoms with van der Waals surface area (Å²) in [5.41, 5.74) is 4.89. The molecular weight excluding hydrogens is 526 g/mol. The van der Waals surface area contributed by atoms with E-state index in [1.165, 1.54) is 68.9 Å². The lowest BCUT2D eigenvalue weighted by atomic mass is 9.64. The van der Waals surface area contributed by atoms with Gasteiger partial charge in [-0.25, -0.2) is 0 Å². The topological polar surface area (TPSA) is 49.3 Å². The van der Waals surface area contributed by atoms with Crippen molar-refractivity contribution in [3.05, 3.63) is 70.8 Å². The molecule has 2 N–H and O–H groups in total. The second kappa shape index (κ2) is 22.2. The molecule has 3 rings (SSSR count). The highest BCUT2D eigenvalue weighted by Crippen LogP contribution is 2.43. The summed E-state index contributed by atoms with van der Waals surface area (Å²) in [5.74, 6) is 2.12. The van der Waals surface area contributed by atoms with E-state index in [9.17, 15) is 9.90 Å². The molecule has 1 atom stereocenters. The number of phenols is 1. The van der Waals surface area contributed by atoms with Crippen LogP contribution >= 0.6 is 0 Å². The van der Waals surface area contributed by atoms with Crippen molar-refractivity contribution in [2.24, 2.45) is 11.8 Å². The van der Waals surface area contributed by atoms with Crippen LogP contribution in [0.3, 0.4) is 0 Å². The number of ketones is 1. The molecule has 0 spiro atoms. The lowest BCUT2D eigenvalue weighted by molar-refractivity contribution is -0.114. The van der Waals surface area contributed by atoms with Gasteiger partial charge in [-0.1, -0.05) is 136 Å². The normalized spacial score (nSPS) is 14.3. The van der Waals surface area contributed by atoms with E-state index in [4.69, 9.17) is 0 Å². The Hall–Kier alpha value is -2.39. The first-order valence-electron chi connectivity index (χ1n) is 17.5. The van der Waals surface area contributed by atoms with Gasteiger partial charge in [-0.2, -0.15) is 0 Å². The molecule has 242 valence electrons. The minimum atomic E-state index is 0.140. The highest BCUT2D eigenvalue weighted by Gasteiger charge is 2.34. The van der Waals surface area contributed by atoms with Crippen molar-refractivity contribution in [3.63, 3.8) is 0 Å². The van der Waals surface area contributed by atoms with Crippen molar-refractivity contribution in [2.75, 3.05) is 13.1 Å². The number of phenolic OH excluding ortho intramolecular Hbond substituents is 1. The second-order valence-corrected chi connectivity index (χ2v) is 12.7. The Balaban J connectivity index is 0.000000439. The Labute approximate surface area is 266 Å². The number of carbonyl (C=O) groups excluding carboxylic acids is 1. The fourth-order valence-corrected chi connectivity index (χ4v) is 5.73. The molecule has 43 heavy (non-hydrogen) atoms. The minimum Gasteiger partial charge on any atom is -0.508 e. The van der Waals surface area contributed by atoms with E-state index in [1.54, 1.807) is 12.1 Å². The van der Waals surface area contributed by atoms with Crippen LogP contribution < -0.4 is 5.32 Å². The smallest absolute Gasteiger partial charge is 0.155 e. The van der Waals surface area contributed by atoms with Crippen molar-refractivity contribution in [2.45, 2.75) is 138 Å². The third kappa shape index (κ3) is 13.8. The Bertz CT molecular complexity index is 1040. The number of unbranched alkanes of at least 4 members (excludes halogenated alkanes) is 4. The molecule has 3 heteroatoms. The fraction of sp³-hybridized carbons (Fsp3) is 0.625. The van der Waals surface area contributed by atoms with Crippen molar-refractivity contribution >= 4 is 11.9 Å². The highest BCUT2D eigenvalue weighted by atomic mass is 16.3. The first kappa shape index (κ1) is 38.6. The van der Waals surface area contributed by atoms with Crippen LogP contribution in [-0.2, 0) is 16.6 Å². The van der Waals surface area contributed by atoms with Gasteiger partial charge < -0.3 is 10.4 Å². The van der Waals surface area contributed by atoms with Gasteiger partial charge in [0.1, 0.15) is 5.75 Å². The molecule has 2 aromatic carbocycles. The lowest BCUT2D eigenvalue weighted by Crippen LogP contribution is -2.33. The molecule has 1 aliphatic rings. The molecule has 2 aromatic rings. The summed E-state index contributed by atoms with van der Waals surface area (Å²) in [6.07, 6.45) is 18.0. The molecule has 1 aliphatic carbocycles. The van der Waals surface area contributed by atoms with Gasteiger partial charge in [-0.3, -0.25) is 4.79 Å². The van der Waals surface area contributed by atoms with Crippen LogP contribution in [0, 0.1) is 18.8 Å². The SMILES string of the molecule is CC.CC(C)C(C)(CC1CCC1)c1ccccc1.CCCCCCCNCCc1ccc(O)c(C)c1/C=C\C(=O)CCC. The second-order valence-electron chi connectivity index (χ2n) is 12.7. The number of rotatable bonds is 17. The molecule has 0 aliphatic heterocycles. The molecule has 0 bridgehead atoms. The van der Waals surface area contributed by atoms with Crippen LogP contribution in [0.15, 0.2) is 48.5 Å². The van der Waals surface area contributed by atoms with Gasteiger partial charge >= 0.3 is 0 Å². The summed E-state index contributed by atoms with van der Waals surface area (Å²) in [6, 6.07) is 14.8. The molecule has 3 nitrogen and oxygen atoms in total. The van der Waals surface area contributed by atoms with Crippen molar-refractivity contribution in [1.82, 2.24) is 5.32 Å². The average Bonchev–Trinajstić information content (AvgIpc) is 2.99. The quantitative estimate of drug-likeness (QED) is 0.142. The largest absolute Gasteiger partial charge is 0.508 e. The van der Waals surface area contributed by atoms with Gasteiger partial charge in [-0.15, -0.1) is 0 Å². The molecule has 0 radical (unpaired) electrons. The van der Waals surface area contributed by atoms with Crippen LogP contribution in [0.25, 0.3) is 6.08 Å². The van der Waals surface area contributed by atoms with Gasteiger partial charge in [0.2, 0.25) is 0 Å². The zero-order valence-electron chi connectivity index (χ0n) is 29.1. The Morgan fingerprint density at radius 2 is 1.65 bits per heavy atom. The predicted molar refractivity (Wildman–Crippen MR) is 189 cm³/mol. The zero-order valence-corrected chi connectivity index (χ0v) is 29.1. The summed E-state index contributed by atoms with van der Waals surface area (Å²) >= 11 is 0. The number of carbonyl (C=O) groups is 1. The molecular formula is C40H65NO2. The molecule has 0 aromatic heterocycles. The van der Waals surface area contributed by atoms with Crippen molar-refractivity contribution < 1.29 is 9.90 Å². The number of benzene rings is 2. The summed E-state index contributed by atoms with van der Waals surface area (Å²) in [5, 5.41) is 13.5. The molecule has 1 saturated carbocycles. The molecule has 1 unspecified atom stereocenters. The molecule has 0 heterocycles. The third-order valence-corrected chi connectivity index (χ3v) is 9.18. The summed E-state index contributed by atoms with van der Waals surface area (Å²) in [6.45, 7) is 19.3. The van der Waals surface area contributed by atoms with E-state index in [1.807, 2.05) is 39.8 Å². The third-order valence-electron chi connectivity index (χ3n) is 9.18. The van der Waals surface area contributed by atoms with Gasteiger partial charge in [-0.05, 0) is 97.3 Å². The van der Waals surface area contributed by atoms with Gasteiger partial charge in [0.25, 0.3) is 0 Å². The lowest BCUT2D eigenvalue weighted by Gasteiger charge is -2.40. The Morgan fingerprint density at radius 3 is 2.23 bits per heavy atom. The fourth-order valence-electron chi connectivity index (χ4n) is 5.73. The predicted octanol–water partition coefficient (Wildman–Crippen LogP) is 11.0. The van der Waals surface area contributed by atoms with Crippen LogP contribution in [0.4, 0.5) is 0 Å². The standard InChI is InChI=1S/C22H35NO2.C16H24.C2H6/c1-4-6-7-8-9-16-23-17-15-19-11-14-22(25)18(3)21(19)13-12-20(24)10-5-2;1-13(2)16(3,12-14-8-7-9-14)15-10-5-4-6-11-15;1-2/h11-14,23,25H,4-10,15-17H2,1-3H3;4-6,10-11,13-14H,7-9,12H2,1-3H3;1-2H3/b13-12-;;. The van der Waals surface area contributed by atoms with E-state index in [-0.39, 0.29) is 11.5 Å². The number of hydrogen-bond acceptors (Lipinski definition) is 3. The summed E-state index contributed by atoms with van der Waals surface area (Å²) in [7, 11) is 0. The van der Waals surface area contributed by atoms with Crippen molar-refractivity contribution in [3.8, 4) is 5.75 Å². The Morgan fingerprint density at radius 1 is 0.977 bits per heavy atom. The van der Waals surface area contributed by atoms with E-state index in [0.29, 0.717) is 11.8 Å². The number of nitrogens with one attached hydrogen (secondary N) is 1. The van der Waals surface area contributed by atoms with Gasteiger partial charge in [0, 0.05) is 6.42 Å². The van der Waals surface area contributed by atoms with Crippen LogP contribution in [-0.4, -0.2) is 24.0 Å². The zero-order chi connectivity index (χ0) is 32.1. The average molecular weight is 592 g/mol. The number of aromatic hydroxyl groups is 1. The van der Waals surface area contributed by atoms with Gasteiger partial charge in [0.05, 0.1) is 0 Å². The number of allylic oxidation sites excluding steroid dienone is 1. The summed E-state index contributed by atoms with van der Waals surface area (Å²) in [4.78, 5) is 11.8. The monoisotopic (exact) mass is 592 g/mol. The number of hydrogen-bond donors (Lipinski definition) is 2. The maximum Gasteiger partial charge on any atom is 0.155 e. The van der Waals surface area contributed by atoms with E-state index in [0.717, 1.165) is 48.9 Å². The van der Waals surface area contributed by atoms with E-state index in [2.05, 4.69) is 63.3 Å². The molecule has 0 saturated heterocycles. The molecule has 1 fully saturated rings. The Kier molecular flexibility index (Phi) is 19.9.